The first kappa shape index (κ1) is 19.5. The van der Waals surface area contributed by atoms with Crippen LogP contribution in [0.3, 0.4) is 0 Å². The summed E-state index contributed by atoms with van der Waals surface area (Å²) in [4.78, 5) is 25.2. The van der Waals surface area contributed by atoms with Crippen molar-refractivity contribution < 1.29 is 14.0 Å². The van der Waals surface area contributed by atoms with Gasteiger partial charge in [0.15, 0.2) is 5.76 Å². The van der Waals surface area contributed by atoms with E-state index in [0.29, 0.717) is 5.58 Å². The van der Waals surface area contributed by atoms with Crippen LogP contribution in [0.15, 0.2) is 89.3 Å². The maximum Gasteiger partial charge on any atom is 0.305 e. The minimum atomic E-state index is -0.479. The molecule has 5 nitrogen and oxygen atoms in total. The first-order valence-electron chi connectivity index (χ1n) is 9.80. The van der Waals surface area contributed by atoms with Crippen LogP contribution < -0.4 is 10.9 Å². The van der Waals surface area contributed by atoms with E-state index in [-0.39, 0.29) is 24.0 Å². The van der Waals surface area contributed by atoms with E-state index in [2.05, 4.69) is 10.9 Å². The summed E-state index contributed by atoms with van der Waals surface area (Å²) in [6.07, 6.45) is 0.202. The number of carbonyl (C=O) groups excluding carboxylic acids is 2. The van der Waals surface area contributed by atoms with Crippen molar-refractivity contribution >= 4 is 22.8 Å². The van der Waals surface area contributed by atoms with Crippen LogP contribution in [0.1, 0.15) is 39.6 Å². The molecule has 2 amide bonds. The minimum Gasteiger partial charge on any atom is -0.451 e. The van der Waals surface area contributed by atoms with Gasteiger partial charge in [-0.3, -0.25) is 20.4 Å². The number of nitrogens with one attached hydrogen (secondary N) is 2. The predicted octanol–water partition coefficient (Wildman–Crippen LogP) is 4.72. The van der Waals surface area contributed by atoms with Crippen LogP contribution in [-0.2, 0) is 4.79 Å². The molecule has 3 aromatic carbocycles. The van der Waals surface area contributed by atoms with Gasteiger partial charge in [0.1, 0.15) is 5.58 Å². The van der Waals surface area contributed by atoms with Gasteiger partial charge in [0, 0.05) is 23.3 Å². The normalized spacial score (nSPS) is 10.9. The molecule has 5 heteroatoms. The van der Waals surface area contributed by atoms with Crippen molar-refractivity contribution in [2.24, 2.45) is 0 Å². The van der Waals surface area contributed by atoms with Crippen LogP contribution in [0.4, 0.5) is 0 Å². The number of para-hydroxylation sites is 1. The summed E-state index contributed by atoms with van der Waals surface area (Å²) in [5.41, 5.74) is 8.46. The summed E-state index contributed by atoms with van der Waals surface area (Å²) >= 11 is 0. The van der Waals surface area contributed by atoms with Crippen molar-refractivity contribution in [3.8, 4) is 0 Å². The van der Waals surface area contributed by atoms with Crippen LogP contribution in [0.2, 0.25) is 0 Å². The molecular weight excluding hydrogens is 376 g/mol. The number of aryl methyl sites for hydroxylation is 1. The van der Waals surface area contributed by atoms with Gasteiger partial charge in [-0.2, -0.15) is 0 Å². The van der Waals surface area contributed by atoms with E-state index in [9.17, 15) is 9.59 Å². The van der Waals surface area contributed by atoms with Crippen molar-refractivity contribution in [3.63, 3.8) is 0 Å². The fourth-order valence-corrected chi connectivity index (χ4v) is 3.61. The molecule has 4 rings (SSSR count). The van der Waals surface area contributed by atoms with E-state index in [1.54, 1.807) is 0 Å². The Kier molecular flexibility index (Phi) is 5.61. The number of amides is 2. The van der Waals surface area contributed by atoms with Gasteiger partial charge in [-0.25, -0.2) is 0 Å². The Bertz CT molecular complexity index is 1130. The average Bonchev–Trinajstić information content (AvgIpc) is 3.14. The summed E-state index contributed by atoms with van der Waals surface area (Å²) in [6.45, 7) is 1.82. The van der Waals surface area contributed by atoms with E-state index < -0.39 is 5.91 Å². The van der Waals surface area contributed by atoms with Crippen molar-refractivity contribution in [1.82, 2.24) is 10.9 Å². The predicted molar refractivity (Wildman–Crippen MR) is 116 cm³/mol. The summed E-state index contributed by atoms with van der Waals surface area (Å²) < 4.78 is 5.65. The zero-order chi connectivity index (χ0) is 20.9. The van der Waals surface area contributed by atoms with Crippen LogP contribution in [-0.4, -0.2) is 11.8 Å². The van der Waals surface area contributed by atoms with E-state index in [1.807, 2.05) is 91.9 Å². The Morgan fingerprint density at radius 3 is 1.97 bits per heavy atom. The van der Waals surface area contributed by atoms with Crippen LogP contribution in [0.25, 0.3) is 11.0 Å². The van der Waals surface area contributed by atoms with Crippen molar-refractivity contribution in [1.29, 1.82) is 0 Å². The fraction of sp³-hybridized carbons (Fsp3) is 0.120. The van der Waals surface area contributed by atoms with Crippen molar-refractivity contribution in [2.75, 3.05) is 0 Å². The molecule has 0 radical (unpaired) electrons. The zero-order valence-corrected chi connectivity index (χ0v) is 16.6. The van der Waals surface area contributed by atoms with Gasteiger partial charge in [0.2, 0.25) is 5.91 Å². The van der Waals surface area contributed by atoms with E-state index >= 15 is 0 Å². The second-order valence-corrected chi connectivity index (χ2v) is 7.13. The lowest BCUT2D eigenvalue weighted by molar-refractivity contribution is -0.122. The monoisotopic (exact) mass is 398 g/mol. The largest absolute Gasteiger partial charge is 0.451 e. The van der Waals surface area contributed by atoms with E-state index in [4.69, 9.17) is 4.42 Å². The summed E-state index contributed by atoms with van der Waals surface area (Å²) in [5.74, 6) is -0.681. The molecule has 0 atom stereocenters. The van der Waals surface area contributed by atoms with Gasteiger partial charge in [-0.15, -0.1) is 0 Å². The molecule has 1 heterocycles. The molecule has 4 aromatic rings. The number of hydrogen-bond donors (Lipinski definition) is 2. The number of benzene rings is 3. The van der Waals surface area contributed by atoms with Crippen LogP contribution in [0.5, 0.6) is 0 Å². The highest BCUT2D eigenvalue weighted by Crippen LogP contribution is 2.28. The van der Waals surface area contributed by atoms with Gasteiger partial charge in [0.05, 0.1) is 0 Å². The molecule has 0 spiro atoms. The number of fused-ring (bicyclic) bond motifs is 1. The minimum absolute atomic E-state index is 0.114. The number of rotatable bonds is 5. The third kappa shape index (κ3) is 4.10. The number of hydrazine groups is 1. The third-order valence-electron chi connectivity index (χ3n) is 5.16. The summed E-state index contributed by atoms with van der Waals surface area (Å²) in [7, 11) is 0. The fourth-order valence-electron chi connectivity index (χ4n) is 3.61. The first-order valence-corrected chi connectivity index (χ1v) is 9.80. The van der Waals surface area contributed by atoms with Gasteiger partial charge >= 0.3 is 5.91 Å². The number of hydrogen-bond acceptors (Lipinski definition) is 3. The molecular formula is C25H22N2O3. The maximum atomic E-state index is 12.6. The van der Waals surface area contributed by atoms with Crippen LogP contribution in [0, 0.1) is 6.92 Å². The van der Waals surface area contributed by atoms with Gasteiger partial charge < -0.3 is 4.42 Å². The highest BCUT2D eigenvalue weighted by molar-refractivity contribution is 5.99. The molecule has 30 heavy (non-hydrogen) atoms. The highest BCUT2D eigenvalue weighted by atomic mass is 16.3. The topological polar surface area (TPSA) is 71.3 Å². The highest BCUT2D eigenvalue weighted by Gasteiger charge is 2.20. The standard InChI is InChI=1S/C25H22N2O3/c1-17-20-14-8-9-15-22(20)30-24(17)25(29)27-26-23(28)16-21(18-10-4-2-5-11-18)19-12-6-3-7-13-19/h2-15,21H,16H2,1H3,(H,26,28)(H,27,29). The Morgan fingerprint density at radius 2 is 1.37 bits per heavy atom. The molecule has 150 valence electrons. The second-order valence-electron chi connectivity index (χ2n) is 7.13. The van der Waals surface area contributed by atoms with Crippen molar-refractivity contribution in [3.05, 3.63) is 107 Å². The number of furan rings is 1. The molecule has 0 aliphatic carbocycles. The molecule has 0 saturated carbocycles. The lowest BCUT2D eigenvalue weighted by Crippen LogP contribution is -2.42. The SMILES string of the molecule is Cc1c(C(=O)NNC(=O)CC(c2ccccc2)c2ccccc2)oc2ccccc12. The molecule has 1 aromatic heterocycles. The average molecular weight is 398 g/mol. The Morgan fingerprint density at radius 1 is 0.800 bits per heavy atom. The first-order chi connectivity index (χ1) is 14.6. The molecule has 0 aliphatic rings. The lowest BCUT2D eigenvalue weighted by Gasteiger charge is -2.18. The zero-order valence-electron chi connectivity index (χ0n) is 16.6. The molecule has 0 aliphatic heterocycles. The second kappa shape index (κ2) is 8.66. The van der Waals surface area contributed by atoms with Gasteiger partial charge in [-0.1, -0.05) is 78.9 Å². The third-order valence-corrected chi connectivity index (χ3v) is 5.16. The quantitative estimate of drug-likeness (QED) is 0.478. The molecule has 0 fully saturated rings. The van der Waals surface area contributed by atoms with E-state index in [1.165, 1.54) is 0 Å². The van der Waals surface area contributed by atoms with Crippen molar-refractivity contribution in [2.45, 2.75) is 19.3 Å². The van der Waals surface area contributed by atoms with Gasteiger partial charge in [0.25, 0.3) is 0 Å². The van der Waals surface area contributed by atoms with E-state index in [0.717, 1.165) is 22.1 Å². The summed E-state index contributed by atoms with van der Waals surface area (Å²) in [5, 5.41) is 0.877. The maximum absolute atomic E-state index is 12.6. The molecule has 0 saturated heterocycles. The lowest BCUT2D eigenvalue weighted by atomic mass is 9.88. The number of carbonyl (C=O) groups is 2. The molecule has 0 bridgehead atoms. The molecule has 2 N–H and O–H groups in total. The molecule has 0 unspecified atom stereocenters. The Hall–Kier alpha value is -3.86. The Labute approximate surface area is 174 Å². The summed E-state index contributed by atoms with van der Waals surface area (Å²) in [6, 6.07) is 27.2. The Balaban J connectivity index is 1.46. The smallest absolute Gasteiger partial charge is 0.305 e. The van der Waals surface area contributed by atoms with Crippen LogP contribution >= 0.6 is 0 Å². The van der Waals surface area contributed by atoms with Gasteiger partial charge in [-0.05, 0) is 24.1 Å².